The summed E-state index contributed by atoms with van der Waals surface area (Å²) in [5.74, 6) is -1.47. The van der Waals surface area contributed by atoms with Gasteiger partial charge in [-0.25, -0.2) is 8.78 Å². The average molecular weight is 612 g/mol. The van der Waals surface area contributed by atoms with Gasteiger partial charge in [-0.3, -0.25) is 9.59 Å². The van der Waals surface area contributed by atoms with E-state index in [9.17, 15) is 18.4 Å². The first-order valence-electron chi connectivity index (χ1n) is 9.64. The highest BCUT2D eigenvalue weighted by atomic mass is 127. The first-order chi connectivity index (χ1) is 13.2. The zero-order valence-electron chi connectivity index (χ0n) is 15.1. The van der Waals surface area contributed by atoms with Crippen LogP contribution in [-0.2, 0) is 4.79 Å². The third-order valence-electron chi connectivity index (χ3n) is 7.10. The largest absolute Gasteiger partial charge is 0.326 e. The van der Waals surface area contributed by atoms with Crippen LogP contribution < -0.4 is 5.32 Å². The fraction of sp³-hybridized carbons (Fsp3) is 0.600. The van der Waals surface area contributed by atoms with Crippen LogP contribution in [0, 0.1) is 30.3 Å². The van der Waals surface area contributed by atoms with Crippen molar-refractivity contribution in [1.29, 1.82) is 0 Å². The minimum Gasteiger partial charge on any atom is -0.326 e. The number of anilines is 1. The zero-order valence-corrected chi connectivity index (χ0v) is 19.4. The SMILES string of the molecule is O=C(c1cc(I)cc(I)c1NC(=O)C12CC3CC(CC1C3)C2)N1CC(F)(F)C1. The summed E-state index contributed by atoms with van der Waals surface area (Å²) in [6.45, 7) is -1.12. The van der Waals surface area contributed by atoms with E-state index in [1.807, 2.05) is 6.07 Å². The Morgan fingerprint density at radius 3 is 2.32 bits per heavy atom. The summed E-state index contributed by atoms with van der Waals surface area (Å²) in [5.41, 5.74) is 0.491. The fourth-order valence-corrected chi connectivity index (χ4v) is 8.08. The molecule has 1 aromatic rings. The summed E-state index contributed by atoms with van der Waals surface area (Å²) in [6.07, 6.45) is 5.43. The Hall–Kier alpha value is -0.520. The lowest BCUT2D eigenvalue weighted by atomic mass is 9.75. The number of carbonyl (C=O) groups excluding carboxylic acids is 2. The van der Waals surface area contributed by atoms with Gasteiger partial charge in [-0.05, 0) is 107 Å². The maximum absolute atomic E-state index is 13.4. The fourth-order valence-electron chi connectivity index (χ4n) is 6.10. The second-order valence-corrected chi connectivity index (χ2v) is 11.4. The van der Waals surface area contributed by atoms with Gasteiger partial charge in [-0.2, -0.15) is 0 Å². The summed E-state index contributed by atoms with van der Waals surface area (Å²) in [7, 11) is 0. The van der Waals surface area contributed by atoms with E-state index >= 15 is 0 Å². The number of benzene rings is 1. The first-order valence-corrected chi connectivity index (χ1v) is 11.8. The number of hydrogen-bond acceptors (Lipinski definition) is 2. The van der Waals surface area contributed by atoms with E-state index in [0.29, 0.717) is 29.0 Å². The number of amides is 2. The van der Waals surface area contributed by atoms with Gasteiger partial charge in [-0.15, -0.1) is 0 Å². The Morgan fingerprint density at radius 1 is 1.07 bits per heavy atom. The molecule has 6 rings (SSSR count). The molecule has 2 atom stereocenters. The van der Waals surface area contributed by atoms with Crippen LogP contribution in [0.3, 0.4) is 0 Å². The Bertz CT molecular complexity index is 869. The number of halogens is 4. The van der Waals surface area contributed by atoms with E-state index in [2.05, 4.69) is 50.5 Å². The number of carbonyl (C=O) groups is 2. The van der Waals surface area contributed by atoms with Crippen LogP contribution in [0.15, 0.2) is 12.1 Å². The molecule has 4 nitrogen and oxygen atoms in total. The number of likely N-dealkylation sites (tertiary alicyclic amines) is 1. The van der Waals surface area contributed by atoms with E-state index in [1.165, 1.54) is 6.42 Å². The van der Waals surface area contributed by atoms with Crippen molar-refractivity contribution in [2.45, 2.75) is 38.0 Å². The van der Waals surface area contributed by atoms with Crippen LogP contribution in [0.25, 0.3) is 0 Å². The molecule has 1 heterocycles. The van der Waals surface area contributed by atoms with E-state index in [0.717, 1.165) is 37.7 Å². The number of nitrogens with one attached hydrogen (secondary N) is 1. The van der Waals surface area contributed by atoms with Crippen LogP contribution in [0.4, 0.5) is 14.5 Å². The Labute approximate surface area is 189 Å². The molecule has 1 aromatic carbocycles. The molecule has 1 N–H and O–H groups in total. The third kappa shape index (κ3) is 2.99. The Kier molecular flexibility index (Phi) is 4.50. The molecule has 8 heteroatoms. The number of hydrogen-bond donors (Lipinski definition) is 1. The summed E-state index contributed by atoms with van der Waals surface area (Å²) < 4.78 is 28.1. The molecule has 0 aromatic heterocycles. The van der Waals surface area contributed by atoms with Crippen molar-refractivity contribution in [3.63, 3.8) is 0 Å². The molecule has 0 spiro atoms. The Morgan fingerprint density at radius 2 is 1.71 bits per heavy atom. The van der Waals surface area contributed by atoms with Gasteiger partial charge in [-0.1, -0.05) is 0 Å². The molecular weight excluding hydrogens is 592 g/mol. The molecule has 4 bridgehead atoms. The molecular formula is C20H20F2I2N2O2. The predicted molar refractivity (Wildman–Crippen MR) is 117 cm³/mol. The summed E-state index contributed by atoms with van der Waals surface area (Å²) in [5, 5.41) is 3.07. The van der Waals surface area contributed by atoms with Gasteiger partial charge in [0.15, 0.2) is 0 Å². The summed E-state index contributed by atoms with van der Waals surface area (Å²) >= 11 is 4.22. The van der Waals surface area contributed by atoms with E-state index in [-0.39, 0.29) is 11.3 Å². The van der Waals surface area contributed by atoms with Crippen molar-refractivity contribution >= 4 is 62.7 Å². The highest BCUT2D eigenvalue weighted by Crippen LogP contribution is 2.65. The van der Waals surface area contributed by atoms with E-state index in [1.54, 1.807) is 6.07 Å². The monoisotopic (exact) mass is 612 g/mol. The number of nitrogens with zero attached hydrogens (tertiary/aromatic N) is 1. The lowest BCUT2D eigenvalue weighted by Crippen LogP contribution is -2.58. The van der Waals surface area contributed by atoms with Crippen LogP contribution in [0.5, 0.6) is 0 Å². The third-order valence-corrected chi connectivity index (χ3v) is 8.57. The van der Waals surface area contributed by atoms with Crippen molar-refractivity contribution < 1.29 is 18.4 Å². The lowest BCUT2D eigenvalue weighted by Gasteiger charge is -2.39. The van der Waals surface area contributed by atoms with Crippen LogP contribution >= 0.6 is 45.2 Å². The van der Waals surface area contributed by atoms with Crippen molar-refractivity contribution in [2.24, 2.45) is 23.2 Å². The van der Waals surface area contributed by atoms with Crippen molar-refractivity contribution in [3.05, 3.63) is 24.8 Å². The lowest BCUT2D eigenvalue weighted by molar-refractivity contribution is -0.127. The second-order valence-electron chi connectivity index (χ2n) is 8.98. The molecule has 0 radical (unpaired) electrons. The highest BCUT2D eigenvalue weighted by Gasteiger charge is 2.61. The maximum atomic E-state index is 13.4. The molecule has 1 saturated heterocycles. The smallest absolute Gasteiger partial charge is 0.282 e. The van der Waals surface area contributed by atoms with Crippen LogP contribution in [0.2, 0.25) is 0 Å². The quantitative estimate of drug-likeness (QED) is 0.502. The molecule has 5 fully saturated rings. The number of rotatable bonds is 3. The topological polar surface area (TPSA) is 49.4 Å². The molecule has 28 heavy (non-hydrogen) atoms. The minimum atomic E-state index is -2.81. The summed E-state index contributed by atoms with van der Waals surface area (Å²) in [4.78, 5) is 27.4. The highest BCUT2D eigenvalue weighted by molar-refractivity contribution is 14.1. The van der Waals surface area contributed by atoms with Crippen LogP contribution in [-0.4, -0.2) is 35.7 Å². The first kappa shape index (κ1) is 19.4. The van der Waals surface area contributed by atoms with Gasteiger partial charge in [0.05, 0.1) is 29.8 Å². The van der Waals surface area contributed by atoms with Crippen molar-refractivity contribution in [3.8, 4) is 0 Å². The molecule has 4 saturated carbocycles. The molecule has 1 aliphatic heterocycles. The van der Waals surface area contributed by atoms with Gasteiger partial charge in [0.25, 0.3) is 11.8 Å². The van der Waals surface area contributed by atoms with Gasteiger partial charge in [0.2, 0.25) is 5.91 Å². The van der Waals surface area contributed by atoms with Crippen molar-refractivity contribution in [2.75, 3.05) is 18.4 Å². The van der Waals surface area contributed by atoms with Crippen LogP contribution in [0.1, 0.15) is 42.5 Å². The molecule has 150 valence electrons. The van der Waals surface area contributed by atoms with Gasteiger partial charge >= 0.3 is 0 Å². The van der Waals surface area contributed by atoms with Gasteiger partial charge in [0, 0.05) is 7.14 Å². The molecule has 5 aliphatic rings. The predicted octanol–water partition coefficient (Wildman–Crippen LogP) is 4.75. The zero-order chi connectivity index (χ0) is 19.8. The normalized spacial score (nSPS) is 34.4. The maximum Gasteiger partial charge on any atom is 0.282 e. The summed E-state index contributed by atoms with van der Waals surface area (Å²) in [6, 6.07) is 3.58. The van der Waals surface area contributed by atoms with Gasteiger partial charge in [0.1, 0.15) is 0 Å². The van der Waals surface area contributed by atoms with E-state index < -0.39 is 24.9 Å². The van der Waals surface area contributed by atoms with Crippen molar-refractivity contribution in [1.82, 2.24) is 4.90 Å². The van der Waals surface area contributed by atoms with Gasteiger partial charge < -0.3 is 10.2 Å². The molecule has 4 aliphatic carbocycles. The number of alkyl halides is 2. The second kappa shape index (κ2) is 6.49. The Balaban J connectivity index is 1.44. The average Bonchev–Trinajstić information content (AvgIpc) is 2.99. The molecule has 2 unspecified atom stereocenters. The van der Waals surface area contributed by atoms with E-state index in [4.69, 9.17) is 0 Å². The minimum absolute atomic E-state index is 0.0179. The standard InChI is InChI=1S/C20H20F2I2N2O2/c21-20(22)8-26(9-20)17(27)14-4-13(23)5-15(24)16(14)25-18(28)19-6-10-1-11(7-19)3-12(19)2-10/h4-5,10-12H,1-3,6-9H2,(H,25,28). The molecule has 2 amide bonds.